The molecule has 4 N–H and O–H groups in total. The molecule has 1 aromatic rings. The Kier molecular flexibility index (Phi) is 8.77. The molecule has 0 saturated carbocycles. The number of ether oxygens (including phenoxy) is 1. The van der Waals surface area contributed by atoms with Gasteiger partial charge in [-0.2, -0.15) is 4.98 Å². The van der Waals surface area contributed by atoms with Crippen molar-refractivity contribution in [3.05, 3.63) is 22.2 Å². The molecule has 12 heteroatoms. The van der Waals surface area contributed by atoms with Crippen molar-refractivity contribution in [1.29, 1.82) is 0 Å². The van der Waals surface area contributed by atoms with Gasteiger partial charge in [-0.15, -0.1) is 0 Å². The van der Waals surface area contributed by atoms with Crippen LogP contribution in [-0.4, -0.2) is 44.7 Å². The van der Waals surface area contributed by atoms with Gasteiger partial charge in [0.15, 0.2) is 6.23 Å². The lowest BCUT2D eigenvalue weighted by Gasteiger charge is -2.30. The molecule has 29 heavy (non-hydrogen) atoms. The van der Waals surface area contributed by atoms with Crippen LogP contribution < -0.4 is 21.2 Å². The van der Waals surface area contributed by atoms with Crippen LogP contribution in [0.3, 0.4) is 0 Å². The van der Waals surface area contributed by atoms with Crippen molar-refractivity contribution in [2.45, 2.75) is 76.4 Å². The van der Waals surface area contributed by atoms with Gasteiger partial charge in [0.05, 0.1) is 14.4 Å². The van der Waals surface area contributed by atoms with Crippen LogP contribution in [-0.2, 0) is 20.2 Å². The van der Waals surface area contributed by atoms with Gasteiger partial charge in [0.25, 0.3) is 0 Å². The van der Waals surface area contributed by atoms with E-state index in [1.807, 2.05) is 0 Å². The van der Waals surface area contributed by atoms with E-state index in [-0.39, 0.29) is 5.82 Å². The molecule has 0 bridgehead atoms. The van der Waals surface area contributed by atoms with Crippen LogP contribution in [0.4, 0.5) is 5.82 Å². The maximum atomic E-state index is 12.2. The van der Waals surface area contributed by atoms with E-state index in [4.69, 9.17) is 10.5 Å². The molecule has 2 rings (SSSR count). The van der Waals surface area contributed by atoms with Crippen LogP contribution in [0.5, 0.6) is 0 Å². The summed E-state index contributed by atoms with van der Waals surface area (Å²) in [6.07, 6.45) is 2.73. The highest BCUT2D eigenvalue weighted by Gasteiger charge is 2.44. The largest absolute Gasteiger partial charge is 0.790 e. The van der Waals surface area contributed by atoms with Crippen LogP contribution in [0, 0.1) is 0 Å². The highest BCUT2D eigenvalue weighted by molar-refractivity contribution is 7.43. The first-order chi connectivity index (χ1) is 13.6. The number of aliphatic hydroxyl groups excluding tert-OH is 2. The van der Waals surface area contributed by atoms with Gasteiger partial charge >= 0.3 is 5.69 Å². The minimum atomic E-state index is -5.27. The summed E-state index contributed by atoms with van der Waals surface area (Å²) in [5, 5.41) is 20.3. The number of aryl methyl sites for hydroxylation is 1. The Hall–Kier alpha value is -1.33. The highest BCUT2D eigenvalue weighted by atomic mass is 31.2. The second kappa shape index (κ2) is 10.6. The second-order valence-electron chi connectivity index (χ2n) is 7.15. The predicted molar refractivity (Wildman–Crippen MR) is 99.5 cm³/mol. The number of nitrogens with two attached hydrogens (primary N) is 1. The molecule has 1 aliphatic rings. The SMILES string of the molecule is CCCCCCCCc1cn(C2OC(COP(=O)([O-])[O-])C(O)C2O)c(=O)nc1N. The Balaban J connectivity index is 2.07. The number of unbranched alkanes of at least 4 members (excludes halogenated alkanes) is 5. The maximum absolute atomic E-state index is 12.2. The lowest BCUT2D eigenvalue weighted by molar-refractivity contribution is -0.343. The normalized spacial score (nSPS) is 24.9. The zero-order valence-electron chi connectivity index (χ0n) is 16.3. The fourth-order valence-corrected chi connectivity index (χ4v) is 3.58. The monoisotopic (exact) mass is 433 g/mol. The fraction of sp³-hybridized carbons (Fsp3) is 0.765. The van der Waals surface area contributed by atoms with E-state index in [0.29, 0.717) is 12.0 Å². The summed E-state index contributed by atoms with van der Waals surface area (Å²) in [6.45, 7) is 1.36. The third kappa shape index (κ3) is 6.85. The Morgan fingerprint density at radius 3 is 2.55 bits per heavy atom. The predicted octanol–water partition coefficient (Wildman–Crippen LogP) is -0.807. The Bertz CT molecular complexity index is 768. The van der Waals surface area contributed by atoms with Gasteiger partial charge in [-0.25, -0.2) is 4.79 Å². The molecule has 0 spiro atoms. The molecule has 0 aliphatic carbocycles. The third-order valence-electron chi connectivity index (χ3n) is 4.87. The van der Waals surface area contributed by atoms with Crippen LogP contribution >= 0.6 is 7.82 Å². The van der Waals surface area contributed by atoms with Crippen molar-refractivity contribution in [2.24, 2.45) is 0 Å². The van der Waals surface area contributed by atoms with Crippen molar-refractivity contribution >= 4 is 13.6 Å². The molecular weight excluding hydrogens is 405 g/mol. The summed E-state index contributed by atoms with van der Waals surface area (Å²) in [4.78, 5) is 37.2. The molecular formula is C17H28N3O8P-2. The lowest BCUT2D eigenvalue weighted by Crippen LogP contribution is -2.36. The molecule has 1 aliphatic heterocycles. The van der Waals surface area contributed by atoms with E-state index in [1.165, 1.54) is 12.6 Å². The minimum Gasteiger partial charge on any atom is -0.790 e. The average molecular weight is 433 g/mol. The van der Waals surface area contributed by atoms with E-state index in [1.54, 1.807) is 0 Å². The van der Waals surface area contributed by atoms with Gasteiger partial charge in [-0.05, 0) is 12.8 Å². The molecule has 2 heterocycles. The topological polar surface area (TPSA) is 183 Å². The number of nitrogen functional groups attached to an aromatic ring is 1. The summed E-state index contributed by atoms with van der Waals surface area (Å²) in [7, 11) is -5.27. The Labute approximate surface area is 168 Å². The summed E-state index contributed by atoms with van der Waals surface area (Å²) in [5.41, 5.74) is 5.66. The highest BCUT2D eigenvalue weighted by Crippen LogP contribution is 2.32. The molecule has 1 aromatic heterocycles. The van der Waals surface area contributed by atoms with Crippen molar-refractivity contribution in [2.75, 3.05) is 12.3 Å². The second-order valence-corrected chi connectivity index (χ2v) is 8.30. The molecule has 4 atom stereocenters. The zero-order valence-corrected chi connectivity index (χ0v) is 17.2. The first-order valence-electron chi connectivity index (χ1n) is 9.69. The number of hydrogen-bond donors (Lipinski definition) is 3. The van der Waals surface area contributed by atoms with Crippen molar-refractivity contribution in [3.63, 3.8) is 0 Å². The quantitative estimate of drug-likeness (QED) is 0.295. The number of phosphoric acid groups is 1. The van der Waals surface area contributed by atoms with E-state index in [2.05, 4.69) is 16.4 Å². The zero-order chi connectivity index (χ0) is 21.6. The minimum absolute atomic E-state index is 0.0892. The van der Waals surface area contributed by atoms with Crippen LogP contribution in [0.2, 0.25) is 0 Å². The summed E-state index contributed by atoms with van der Waals surface area (Å²) in [6, 6.07) is 0. The van der Waals surface area contributed by atoms with E-state index >= 15 is 0 Å². The molecule has 0 amide bonds. The van der Waals surface area contributed by atoms with Gasteiger partial charge in [-0.3, -0.25) is 4.57 Å². The molecule has 1 fully saturated rings. The van der Waals surface area contributed by atoms with Crippen molar-refractivity contribution in [1.82, 2.24) is 9.55 Å². The van der Waals surface area contributed by atoms with E-state index < -0.39 is 44.7 Å². The summed E-state index contributed by atoms with van der Waals surface area (Å²) >= 11 is 0. The summed E-state index contributed by atoms with van der Waals surface area (Å²) in [5.74, 6) is 0.0892. The average Bonchev–Trinajstić information content (AvgIpc) is 2.92. The smallest absolute Gasteiger partial charge is 0.351 e. The molecule has 4 unspecified atom stereocenters. The summed E-state index contributed by atoms with van der Waals surface area (Å²) < 4.78 is 21.1. The number of rotatable bonds is 11. The number of nitrogens with zero attached hydrogens (tertiary/aromatic N) is 2. The Morgan fingerprint density at radius 1 is 1.24 bits per heavy atom. The number of anilines is 1. The van der Waals surface area contributed by atoms with Gasteiger partial charge in [0.1, 0.15) is 24.1 Å². The fourth-order valence-electron chi connectivity index (χ4n) is 3.25. The molecule has 166 valence electrons. The standard InChI is InChI=1S/C17H30N3O8P/c1-2-3-4-5-6-7-8-11-9-20(17(23)19-15(11)18)16-14(22)13(21)12(28-16)10-27-29(24,25)26/h9,12-14,16,21-22H,2-8,10H2,1H3,(H2,18,19,23)(H2,24,25,26)/p-2. The maximum Gasteiger partial charge on any atom is 0.351 e. The first kappa shape index (κ1) is 23.9. The number of phosphoric ester groups is 1. The van der Waals surface area contributed by atoms with Crippen LogP contribution in [0.25, 0.3) is 0 Å². The molecule has 0 radical (unpaired) electrons. The number of hydrogen-bond acceptors (Lipinski definition) is 10. The number of aliphatic hydroxyl groups is 2. The van der Waals surface area contributed by atoms with Crippen molar-refractivity contribution in [3.8, 4) is 0 Å². The van der Waals surface area contributed by atoms with Crippen LogP contribution in [0.1, 0.15) is 57.2 Å². The number of aromatic nitrogens is 2. The van der Waals surface area contributed by atoms with E-state index in [0.717, 1.165) is 36.7 Å². The van der Waals surface area contributed by atoms with Gasteiger partial charge in [0.2, 0.25) is 0 Å². The molecule has 0 aromatic carbocycles. The Morgan fingerprint density at radius 2 is 1.90 bits per heavy atom. The van der Waals surface area contributed by atoms with Crippen LogP contribution in [0.15, 0.2) is 11.0 Å². The first-order valence-corrected chi connectivity index (χ1v) is 11.2. The lowest BCUT2D eigenvalue weighted by atomic mass is 10.1. The molecule has 11 nitrogen and oxygen atoms in total. The molecule has 1 saturated heterocycles. The third-order valence-corrected chi connectivity index (χ3v) is 5.33. The van der Waals surface area contributed by atoms with E-state index in [9.17, 15) is 29.4 Å². The van der Waals surface area contributed by atoms with Crippen molar-refractivity contribution < 1.29 is 33.8 Å². The van der Waals surface area contributed by atoms with Gasteiger partial charge < -0.3 is 39.6 Å². The van der Waals surface area contributed by atoms with Gasteiger partial charge in [-0.1, -0.05) is 39.0 Å². The van der Waals surface area contributed by atoms with Gasteiger partial charge in [0, 0.05) is 11.8 Å².